The van der Waals surface area contributed by atoms with Crippen LogP contribution in [0.4, 0.5) is 18.9 Å². The van der Waals surface area contributed by atoms with Crippen LogP contribution in [0.5, 0.6) is 0 Å². The Bertz CT molecular complexity index is 1000. The minimum Gasteiger partial charge on any atom is -0.326 e. The Labute approximate surface area is 179 Å². The van der Waals surface area contributed by atoms with E-state index in [9.17, 15) is 18.0 Å². The fraction of sp³-hybridized carbons (Fsp3) is 0.250. The van der Waals surface area contributed by atoms with E-state index in [1.54, 1.807) is 24.3 Å². The molecule has 2 aromatic carbocycles. The Morgan fingerprint density at radius 2 is 1.61 bits per heavy atom. The van der Waals surface area contributed by atoms with Gasteiger partial charge in [-0.1, -0.05) is 56.0 Å². The van der Waals surface area contributed by atoms with Crippen molar-refractivity contribution in [3.05, 3.63) is 84.2 Å². The molecule has 1 amide bonds. The number of benzene rings is 2. The zero-order valence-corrected chi connectivity index (χ0v) is 16.0. The molecule has 0 aliphatic carbocycles. The van der Waals surface area contributed by atoms with Crippen molar-refractivity contribution in [3.8, 4) is 11.1 Å². The van der Waals surface area contributed by atoms with Gasteiger partial charge in [0.05, 0.1) is 5.92 Å². The first-order chi connectivity index (χ1) is 14.4. The van der Waals surface area contributed by atoms with Gasteiger partial charge in [0.15, 0.2) is 0 Å². The van der Waals surface area contributed by atoms with Crippen LogP contribution in [0.15, 0.2) is 72.9 Å². The molecule has 1 aromatic heterocycles. The van der Waals surface area contributed by atoms with E-state index in [0.717, 1.165) is 23.7 Å². The number of aromatic nitrogens is 1. The average Bonchev–Trinajstić information content (AvgIpc) is 3.25. The van der Waals surface area contributed by atoms with Crippen molar-refractivity contribution >= 4 is 11.6 Å². The molecule has 1 fully saturated rings. The molecule has 1 saturated heterocycles. The van der Waals surface area contributed by atoms with Crippen LogP contribution >= 0.6 is 0 Å². The molecule has 2 heterocycles. The van der Waals surface area contributed by atoms with Crippen molar-refractivity contribution in [2.24, 2.45) is 5.92 Å². The van der Waals surface area contributed by atoms with Gasteiger partial charge in [-0.15, -0.1) is 0 Å². The van der Waals surface area contributed by atoms with Gasteiger partial charge in [-0.3, -0.25) is 9.78 Å². The predicted molar refractivity (Wildman–Crippen MR) is 116 cm³/mol. The Hall–Kier alpha value is -3.19. The fourth-order valence-electron chi connectivity index (χ4n) is 3.72. The lowest BCUT2D eigenvalue weighted by Crippen LogP contribution is -2.28. The first-order valence-electron chi connectivity index (χ1n) is 9.62. The maximum atomic E-state index is 12.8. The van der Waals surface area contributed by atoms with Crippen molar-refractivity contribution in [2.45, 2.75) is 19.5 Å². The number of hydrogen-bond acceptors (Lipinski definition) is 3. The number of alkyl halides is 3. The summed E-state index contributed by atoms with van der Waals surface area (Å²) in [6, 6.07) is 19.3. The number of hydrogen-bond donors (Lipinski definition) is 2. The van der Waals surface area contributed by atoms with Gasteiger partial charge in [0.2, 0.25) is 5.91 Å². The number of nitrogens with zero attached hydrogens (tertiary/aromatic N) is 1. The monoisotopic (exact) mass is 427 g/mol. The summed E-state index contributed by atoms with van der Waals surface area (Å²) < 4.78 is 38.0. The molecular formula is C24H24F3N3O. The molecule has 1 aliphatic rings. The van der Waals surface area contributed by atoms with E-state index < -0.39 is 11.9 Å². The molecular weight excluding hydrogens is 403 g/mol. The number of pyridine rings is 1. The maximum absolute atomic E-state index is 12.8. The van der Waals surface area contributed by atoms with E-state index >= 15 is 0 Å². The topological polar surface area (TPSA) is 54.0 Å². The highest BCUT2D eigenvalue weighted by Gasteiger charge is 2.34. The normalized spacial score (nSPS) is 18.3. The van der Waals surface area contributed by atoms with E-state index in [2.05, 4.69) is 15.6 Å². The van der Waals surface area contributed by atoms with Crippen LogP contribution in [-0.4, -0.2) is 24.0 Å². The SMILES string of the molecule is C.O=C(Nc1ccc(-c2ccc(C(F)(F)F)nc2)cc1)[C@@H]1CNC[C@H]1c1ccccc1. The van der Waals surface area contributed by atoms with Gasteiger partial charge in [-0.2, -0.15) is 13.2 Å². The third-order valence-electron chi connectivity index (χ3n) is 5.32. The minimum atomic E-state index is -4.46. The highest BCUT2D eigenvalue weighted by molar-refractivity contribution is 5.94. The van der Waals surface area contributed by atoms with E-state index in [0.29, 0.717) is 17.8 Å². The average molecular weight is 427 g/mol. The summed E-state index contributed by atoms with van der Waals surface area (Å²) in [5, 5.41) is 6.23. The zero-order valence-electron chi connectivity index (χ0n) is 16.0. The summed E-state index contributed by atoms with van der Waals surface area (Å²) in [5.41, 5.74) is 2.15. The Morgan fingerprint density at radius 3 is 2.23 bits per heavy atom. The molecule has 0 unspecified atom stereocenters. The van der Waals surface area contributed by atoms with Crippen molar-refractivity contribution < 1.29 is 18.0 Å². The fourth-order valence-corrected chi connectivity index (χ4v) is 3.72. The van der Waals surface area contributed by atoms with E-state index in [-0.39, 0.29) is 25.2 Å². The van der Waals surface area contributed by atoms with Crippen LogP contribution in [0.25, 0.3) is 11.1 Å². The summed E-state index contributed by atoms with van der Waals surface area (Å²) in [4.78, 5) is 16.3. The van der Waals surface area contributed by atoms with Crippen molar-refractivity contribution in [3.63, 3.8) is 0 Å². The second kappa shape index (κ2) is 9.31. The molecule has 3 aromatic rings. The predicted octanol–water partition coefficient (Wildman–Crippen LogP) is 5.35. The van der Waals surface area contributed by atoms with Crippen LogP contribution < -0.4 is 10.6 Å². The molecule has 4 nitrogen and oxygen atoms in total. The van der Waals surface area contributed by atoms with Gasteiger partial charge in [-0.25, -0.2) is 0 Å². The quantitative estimate of drug-likeness (QED) is 0.591. The molecule has 2 atom stereocenters. The first-order valence-corrected chi connectivity index (χ1v) is 9.62. The lowest BCUT2D eigenvalue weighted by molar-refractivity contribution is -0.141. The van der Waals surface area contributed by atoms with Crippen LogP contribution in [0, 0.1) is 5.92 Å². The molecule has 0 bridgehead atoms. The number of rotatable bonds is 4. The number of halogens is 3. The number of anilines is 1. The highest BCUT2D eigenvalue weighted by atomic mass is 19.4. The summed E-state index contributed by atoms with van der Waals surface area (Å²) >= 11 is 0. The number of carbonyl (C=O) groups is 1. The summed E-state index contributed by atoms with van der Waals surface area (Å²) in [7, 11) is 0. The van der Waals surface area contributed by atoms with Gasteiger partial charge in [0.25, 0.3) is 0 Å². The number of carbonyl (C=O) groups excluding carboxylic acids is 1. The molecule has 0 spiro atoms. The number of nitrogens with one attached hydrogen (secondary N) is 2. The third-order valence-corrected chi connectivity index (χ3v) is 5.32. The third kappa shape index (κ3) is 5.11. The molecule has 1 aliphatic heterocycles. The Kier molecular flexibility index (Phi) is 6.75. The van der Waals surface area contributed by atoms with E-state index in [4.69, 9.17) is 0 Å². The zero-order chi connectivity index (χ0) is 21.1. The molecule has 31 heavy (non-hydrogen) atoms. The largest absolute Gasteiger partial charge is 0.433 e. The van der Waals surface area contributed by atoms with Crippen LogP contribution in [0.2, 0.25) is 0 Å². The molecule has 0 radical (unpaired) electrons. The molecule has 4 rings (SSSR count). The molecule has 0 saturated carbocycles. The van der Waals surface area contributed by atoms with Crippen LogP contribution in [-0.2, 0) is 11.0 Å². The van der Waals surface area contributed by atoms with Crippen molar-refractivity contribution in [2.75, 3.05) is 18.4 Å². The lowest BCUT2D eigenvalue weighted by atomic mass is 9.88. The van der Waals surface area contributed by atoms with Gasteiger partial charge in [0.1, 0.15) is 5.69 Å². The van der Waals surface area contributed by atoms with Crippen molar-refractivity contribution in [1.82, 2.24) is 10.3 Å². The Morgan fingerprint density at radius 1 is 0.935 bits per heavy atom. The van der Waals surface area contributed by atoms with Gasteiger partial charge >= 0.3 is 6.18 Å². The molecule has 2 N–H and O–H groups in total. The summed E-state index contributed by atoms with van der Waals surface area (Å²) in [6.45, 7) is 1.36. The van der Waals surface area contributed by atoms with E-state index in [1.807, 2.05) is 30.3 Å². The maximum Gasteiger partial charge on any atom is 0.433 e. The molecule has 162 valence electrons. The van der Waals surface area contributed by atoms with E-state index in [1.165, 1.54) is 12.3 Å². The second-order valence-corrected chi connectivity index (χ2v) is 7.28. The highest BCUT2D eigenvalue weighted by Crippen LogP contribution is 2.31. The van der Waals surface area contributed by atoms with Crippen molar-refractivity contribution in [1.29, 1.82) is 0 Å². The first kappa shape index (κ1) is 22.5. The number of amides is 1. The van der Waals surface area contributed by atoms with Gasteiger partial charge in [-0.05, 0) is 29.3 Å². The lowest BCUT2D eigenvalue weighted by Gasteiger charge is -2.18. The Balaban J connectivity index is 0.00000272. The van der Waals surface area contributed by atoms with Gasteiger partial charge in [0, 0.05) is 36.5 Å². The summed E-state index contributed by atoms with van der Waals surface area (Å²) in [5.74, 6) is -0.118. The molecule has 7 heteroatoms. The minimum absolute atomic E-state index is 0. The van der Waals surface area contributed by atoms with Crippen LogP contribution in [0.1, 0.15) is 24.6 Å². The van der Waals surface area contributed by atoms with Gasteiger partial charge < -0.3 is 10.6 Å². The second-order valence-electron chi connectivity index (χ2n) is 7.28. The standard InChI is InChI=1S/C23H20F3N3O.CH4/c24-23(25,26)21-11-8-17(12-28-21)15-6-9-18(10-7-15)29-22(30)20-14-27-13-19(20)16-4-2-1-3-5-16;/h1-12,19-20,27H,13-14H2,(H,29,30);1H4/t19-,20+;/m0./s1. The summed E-state index contributed by atoms with van der Waals surface area (Å²) in [6.07, 6.45) is -3.26. The van der Waals surface area contributed by atoms with Crippen LogP contribution in [0.3, 0.4) is 0 Å². The smallest absolute Gasteiger partial charge is 0.326 e.